The maximum absolute atomic E-state index is 12.0. The van der Waals surface area contributed by atoms with Gasteiger partial charge in [0.15, 0.2) is 0 Å². The van der Waals surface area contributed by atoms with E-state index in [4.69, 9.17) is 5.11 Å². The predicted molar refractivity (Wildman–Crippen MR) is 38.0 cm³/mol. The van der Waals surface area contributed by atoms with E-state index < -0.39 is 19.2 Å². The van der Waals surface area contributed by atoms with Crippen LogP contribution in [0.25, 0.3) is 0 Å². The van der Waals surface area contributed by atoms with E-state index in [0.29, 0.717) is 0 Å². The Kier molecular flexibility index (Phi) is 7.19. The average Bonchev–Trinajstić information content (AvgIpc) is 2.04. The molecule has 2 nitrogen and oxygen atoms in total. The Bertz CT molecular complexity index is 92.7. The number of halogens is 3. The smallest absolute Gasteiger partial charge is 0.264 e. The molecule has 0 aliphatic carbocycles. The number of hydrogen-bond acceptors (Lipinski definition) is 2. The van der Waals surface area contributed by atoms with E-state index in [1.165, 1.54) is 0 Å². The van der Waals surface area contributed by atoms with Crippen molar-refractivity contribution < 1.29 is 23.0 Å². The molecule has 0 bridgehead atoms. The highest BCUT2D eigenvalue weighted by atomic mass is 19.3. The average molecular weight is 186 g/mol. The van der Waals surface area contributed by atoms with E-state index in [1.54, 1.807) is 0 Å². The first-order valence-electron chi connectivity index (χ1n) is 3.79. The second-order valence-corrected chi connectivity index (χ2v) is 2.30. The lowest BCUT2D eigenvalue weighted by molar-refractivity contribution is -0.0686. The van der Waals surface area contributed by atoms with Gasteiger partial charge < -0.3 is 9.84 Å². The molecule has 5 heteroatoms. The zero-order chi connectivity index (χ0) is 9.40. The van der Waals surface area contributed by atoms with Gasteiger partial charge in [-0.1, -0.05) is 0 Å². The summed E-state index contributed by atoms with van der Waals surface area (Å²) in [4.78, 5) is 0. The molecule has 0 saturated carbocycles. The molecule has 1 N–H and O–H groups in total. The van der Waals surface area contributed by atoms with Crippen molar-refractivity contribution in [2.75, 3.05) is 19.9 Å². The van der Waals surface area contributed by atoms with E-state index >= 15 is 0 Å². The van der Waals surface area contributed by atoms with Crippen molar-refractivity contribution in [3.63, 3.8) is 0 Å². The van der Waals surface area contributed by atoms with Crippen molar-refractivity contribution in [2.45, 2.75) is 25.4 Å². The topological polar surface area (TPSA) is 29.5 Å². The van der Waals surface area contributed by atoms with Gasteiger partial charge in [-0.3, -0.25) is 4.39 Å². The minimum absolute atomic E-state index is 0.00579. The first-order valence-corrected chi connectivity index (χ1v) is 3.79. The lowest BCUT2D eigenvalue weighted by atomic mass is 10.2. The summed E-state index contributed by atoms with van der Waals surface area (Å²) >= 11 is 0. The second-order valence-electron chi connectivity index (χ2n) is 2.30. The maximum atomic E-state index is 12.0. The summed E-state index contributed by atoms with van der Waals surface area (Å²) in [5.41, 5.74) is 0. The molecule has 0 spiro atoms. The fraction of sp³-hybridized carbons (Fsp3) is 1.00. The lowest BCUT2D eigenvalue weighted by Crippen LogP contribution is -2.23. The molecule has 74 valence electrons. The molecule has 12 heavy (non-hydrogen) atoms. The molecule has 0 rings (SSSR count). The van der Waals surface area contributed by atoms with Crippen LogP contribution in [0, 0.1) is 0 Å². The Morgan fingerprint density at radius 2 is 2.00 bits per heavy atom. The van der Waals surface area contributed by atoms with Gasteiger partial charge in [0.05, 0.1) is 19.9 Å². The SMILES string of the molecule is OCCOC(CCCF)C(F)F. The van der Waals surface area contributed by atoms with E-state index in [2.05, 4.69) is 4.74 Å². The minimum atomic E-state index is -2.61. The summed E-state index contributed by atoms with van der Waals surface area (Å²) in [5, 5.41) is 8.28. The summed E-state index contributed by atoms with van der Waals surface area (Å²) in [6.45, 7) is -1.04. The van der Waals surface area contributed by atoms with E-state index in [-0.39, 0.29) is 26.1 Å². The van der Waals surface area contributed by atoms with Crippen molar-refractivity contribution in [1.29, 1.82) is 0 Å². The Hall–Kier alpha value is -0.290. The maximum Gasteiger partial charge on any atom is 0.264 e. The van der Waals surface area contributed by atoms with Crippen molar-refractivity contribution >= 4 is 0 Å². The van der Waals surface area contributed by atoms with Gasteiger partial charge in [-0.2, -0.15) is 0 Å². The standard InChI is InChI=1S/C7H13F3O2/c8-3-1-2-6(7(9)10)12-5-4-11/h6-7,11H,1-5H2. The van der Waals surface area contributed by atoms with Crippen LogP contribution >= 0.6 is 0 Å². The molecule has 0 aromatic carbocycles. The van der Waals surface area contributed by atoms with Crippen molar-refractivity contribution in [2.24, 2.45) is 0 Å². The number of ether oxygens (including phenoxy) is 1. The molecule has 0 heterocycles. The number of aliphatic hydroxyl groups is 1. The van der Waals surface area contributed by atoms with Crippen LogP contribution in [-0.2, 0) is 4.74 Å². The highest BCUT2D eigenvalue weighted by Crippen LogP contribution is 2.11. The Labute approximate surface area is 69.3 Å². The molecule has 0 fully saturated rings. The Balaban J connectivity index is 3.55. The number of rotatable bonds is 7. The first-order chi connectivity index (χ1) is 5.72. The van der Waals surface area contributed by atoms with Crippen LogP contribution in [0.3, 0.4) is 0 Å². The van der Waals surface area contributed by atoms with Crippen molar-refractivity contribution in [1.82, 2.24) is 0 Å². The van der Waals surface area contributed by atoms with Gasteiger partial charge in [0.25, 0.3) is 6.43 Å². The van der Waals surface area contributed by atoms with E-state index in [1.807, 2.05) is 0 Å². The van der Waals surface area contributed by atoms with Crippen LogP contribution in [-0.4, -0.2) is 37.5 Å². The third-order valence-corrected chi connectivity index (χ3v) is 1.33. The molecular weight excluding hydrogens is 173 g/mol. The van der Waals surface area contributed by atoms with Crippen molar-refractivity contribution in [3.05, 3.63) is 0 Å². The Morgan fingerprint density at radius 3 is 2.42 bits per heavy atom. The van der Waals surface area contributed by atoms with Crippen LogP contribution in [0.5, 0.6) is 0 Å². The predicted octanol–water partition coefficient (Wildman–Crippen LogP) is 1.38. The van der Waals surface area contributed by atoms with Gasteiger partial charge in [0, 0.05) is 0 Å². The molecule has 0 aromatic heterocycles. The van der Waals surface area contributed by atoms with Gasteiger partial charge in [-0.15, -0.1) is 0 Å². The van der Waals surface area contributed by atoms with E-state index in [0.717, 1.165) is 0 Å². The van der Waals surface area contributed by atoms with E-state index in [9.17, 15) is 13.2 Å². The van der Waals surface area contributed by atoms with Gasteiger partial charge in [-0.25, -0.2) is 8.78 Å². The molecule has 0 aromatic rings. The summed E-state index contributed by atoms with van der Waals surface area (Å²) in [7, 11) is 0. The van der Waals surface area contributed by atoms with Crippen LogP contribution in [0.1, 0.15) is 12.8 Å². The third kappa shape index (κ3) is 5.37. The molecule has 0 aliphatic rings. The fourth-order valence-corrected chi connectivity index (χ4v) is 0.764. The summed E-state index contributed by atoms with van der Waals surface area (Å²) in [5.74, 6) is 0. The van der Waals surface area contributed by atoms with Gasteiger partial charge in [0.1, 0.15) is 6.10 Å². The summed E-state index contributed by atoms with van der Waals surface area (Å²) in [6, 6.07) is 0. The number of aliphatic hydroxyl groups excluding tert-OH is 1. The molecule has 1 atom stereocenters. The van der Waals surface area contributed by atoms with Crippen LogP contribution in [0.4, 0.5) is 13.2 Å². The van der Waals surface area contributed by atoms with Crippen molar-refractivity contribution in [3.8, 4) is 0 Å². The highest BCUT2D eigenvalue weighted by Gasteiger charge is 2.19. The zero-order valence-corrected chi connectivity index (χ0v) is 6.68. The van der Waals surface area contributed by atoms with Gasteiger partial charge in [-0.05, 0) is 12.8 Å². The molecule has 0 radical (unpaired) electrons. The summed E-state index contributed by atoms with van der Waals surface area (Å²) in [6.07, 6.45) is -3.79. The quantitative estimate of drug-likeness (QED) is 0.650. The molecule has 0 amide bonds. The lowest BCUT2D eigenvalue weighted by Gasteiger charge is -2.15. The minimum Gasteiger partial charge on any atom is -0.394 e. The normalized spacial score (nSPS) is 13.8. The fourth-order valence-electron chi connectivity index (χ4n) is 0.764. The molecule has 0 saturated heterocycles. The van der Waals surface area contributed by atoms with Crippen LogP contribution in [0.2, 0.25) is 0 Å². The molecular formula is C7H13F3O2. The van der Waals surface area contributed by atoms with Gasteiger partial charge in [0.2, 0.25) is 0 Å². The zero-order valence-electron chi connectivity index (χ0n) is 6.68. The molecule has 0 aliphatic heterocycles. The number of hydrogen-bond donors (Lipinski definition) is 1. The first kappa shape index (κ1) is 11.7. The highest BCUT2D eigenvalue weighted by molar-refractivity contribution is 4.60. The third-order valence-electron chi connectivity index (χ3n) is 1.33. The number of alkyl halides is 3. The second kappa shape index (κ2) is 7.36. The van der Waals surface area contributed by atoms with Gasteiger partial charge >= 0.3 is 0 Å². The monoisotopic (exact) mass is 186 g/mol. The summed E-state index contributed by atoms with van der Waals surface area (Å²) < 4.78 is 40.2. The molecule has 1 unspecified atom stereocenters. The van der Waals surface area contributed by atoms with Crippen LogP contribution < -0.4 is 0 Å². The largest absolute Gasteiger partial charge is 0.394 e. The van der Waals surface area contributed by atoms with Crippen LogP contribution in [0.15, 0.2) is 0 Å². The Morgan fingerprint density at radius 1 is 1.33 bits per heavy atom.